The first-order valence-electron chi connectivity index (χ1n) is 6.85. The Morgan fingerprint density at radius 2 is 2.00 bits per heavy atom. The van der Waals surface area contributed by atoms with Crippen LogP contribution in [0.4, 0.5) is 0 Å². The molecule has 2 N–H and O–H groups in total. The van der Waals surface area contributed by atoms with Crippen molar-refractivity contribution in [2.24, 2.45) is 5.73 Å². The molecular formula is C15H24N4. The minimum Gasteiger partial charge on any atom is -0.329 e. The van der Waals surface area contributed by atoms with E-state index in [4.69, 9.17) is 10.8 Å². The Morgan fingerprint density at radius 1 is 1.32 bits per heavy atom. The predicted molar refractivity (Wildman–Crippen MR) is 80.0 cm³/mol. The lowest BCUT2D eigenvalue weighted by molar-refractivity contribution is 0.154. The summed E-state index contributed by atoms with van der Waals surface area (Å²) in [6.07, 6.45) is 0. The molecule has 1 aromatic heterocycles. The summed E-state index contributed by atoms with van der Waals surface area (Å²) in [5.41, 5.74) is 8.15. The number of nitrogens with zero attached hydrogens (tertiary/aromatic N) is 3. The topological polar surface area (TPSA) is 47.1 Å². The van der Waals surface area contributed by atoms with E-state index in [9.17, 15) is 0 Å². The number of hydrogen-bond acceptors (Lipinski definition) is 3. The molecule has 104 valence electrons. The van der Waals surface area contributed by atoms with E-state index >= 15 is 0 Å². The molecule has 0 amide bonds. The van der Waals surface area contributed by atoms with Gasteiger partial charge in [-0.15, -0.1) is 0 Å². The van der Waals surface area contributed by atoms with E-state index in [0.29, 0.717) is 6.54 Å². The molecule has 2 rings (SSSR count). The highest BCUT2D eigenvalue weighted by atomic mass is 15.3. The fourth-order valence-corrected chi connectivity index (χ4v) is 2.15. The Kier molecular flexibility index (Phi) is 3.92. The molecule has 0 spiro atoms. The Balaban J connectivity index is 2.36. The second-order valence-electron chi connectivity index (χ2n) is 5.65. The number of hydrogen-bond donors (Lipinski definition) is 1. The van der Waals surface area contributed by atoms with Crippen molar-refractivity contribution in [2.45, 2.75) is 39.4 Å². The number of para-hydroxylation sites is 1. The first-order chi connectivity index (χ1) is 8.99. The van der Waals surface area contributed by atoms with Crippen LogP contribution in [0.25, 0.3) is 10.9 Å². The maximum atomic E-state index is 5.84. The van der Waals surface area contributed by atoms with Crippen molar-refractivity contribution in [2.75, 3.05) is 13.6 Å². The van der Waals surface area contributed by atoms with Crippen LogP contribution in [-0.4, -0.2) is 33.8 Å². The molecule has 0 radical (unpaired) electrons. The minimum absolute atomic E-state index is 0.0168. The third-order valence-corrected chi connectivity index (χ3v) is 3.95. The Bertz CT molecular complexity index is 556. The van der Waals surface area contributed by atoms with Crippen molar-refractivity contribution < 1.29 is 0 Å². The van der Waals surface area contributed by atoms with Crippen molar-refractivity contribution in [1.29, 1.82) is 0 Å². The SMILES string of the molecule is CCn1nc(CN(C)C(C)(C)CN)c2ccccc21. The standard InChI is InChI=1S/C15H24N4/c1-5-19-14-9-7-6-8-12(14)13(17-19)10-18(4)15(2,3)11-16/h6-9H,5,10-11,16H2,1-4H3. The molecule has 19 heavy (non-hydrogen) atoms. The second kappa shape index (κ2) is 5.31. The minimum atomic E-state index is -0.0168. The number of likely N-dealkylation sites (N-methyl/N-ethyl adjacent to an activating group) is 1. The highest BCUT2D eigenvalue weighted by Crippen LogP contribution is 2.22. The quantitative estimate of drug-likeness (QED) is 0.896. The first-order valence-corrected chi connectivity index (χ1v) is 6.85. The molecule has 0 atom stereocenters. The zero-order valence-corrected chi connectivity index (χ0v) is 12.3. The highest BCUT2D eigenvalue weighted by molar-refractivity contribution is 5.81. The molecule has 0 aliphatic carbocycles. The van der Waals surface area contributed by atoms with Gasteiger partial charge in [-0.25, -0.2) is 0 Å². The van der Waals surface area contributed by atoms with Crippen molar-refractivity contribution >= 4 is 10.9 Å². The molecule has 0 fully saturated rings. The maximum absolute atomic E-state index is 5.84. The molecule has 1 aromatic carbocycles. The average molecular weight is 260 g/mol. The summed E-state index contributed by atoms with van der Waals surface area (Å²) >= 11 is 0. The van der Waals surface area contributed by atoms with E-state index in [1.54, 1.807) is 0 Å². The number of aromatic nitrogens is 2. The Hall–Kier alpha value is -1.39. The highest BCUT2D eigenvalue weighted by Gasteiger charge is 2.23. The van der Waals surface area contributed by atoms with Crippen molar-refractivity contribution in [3.63, 3.8) is 0 Å². The van der Waals surface area contributed by atoms with Gasteiger partial charge in [-0.1, -0.05) is 18.2 Å². The number of benzene rings is 1. The first kappa shape index (κ1) is 14.0. The van der Waals surface area contributed by atoms with Gasteiger partial charge in [-0.3, -0.25) is 9.58 Å². The van der Waals surface area contributed by atoms with Gasteiger partial charge in [0.2, 0.25) is 0 Å². The number of nitrogens with two attached hydrogens (primary N) is 1. The van der Waals surface area contributed by atoms with E-state index in [-0.39, 0.29) is 5.54 Å². The van der Waals surface area contributed by atoms with E-state index in [1.165, 1.54) is 10.9 Å². The summed E-state index contributed by atoms with van der Waals surface area (Å²) in [6, 6.07) is 8.41. The molecule has 0 saturated carbocycles. The van der Waals surface area contributed by atoms with Gasteiger partial charge < -0.3 is 5.73 Å². The molecule has 0 unspecified atom stereocenters. The number of rotatable bonds is 5. The molecule has 0 bridgehead atoms. The zero-order chi connectivity index (χ0) is 14.0. The third-order valence-electron chi connectivity index (χ3n) is 3.95. The maximum Gasteiger partial charge on any atom is 0.0843 e. The summed E-state index contributed by atoms with van der Waals surface area (Å²) in [7, 11) is 2.10. The van der Waals surface area contributed by atoms with Crippen LogP contribution in [0.2, 0.25) is 0 Å². The van der Waals surface area contributed by atoms with Crippen molar-refractivity contribution in [1.82, 2.24) is 14.7 Å². The normalized spacial score (nSPS) is 12.5. The van der Waals surface area contributed by atoms with E-state index in [0.717, 1.165) is 18.8 Å². The lowest BCUT2D eigenvalue weighted by Gasteiger charge is -2.34. The van der Waals surface area contributed by atoms with Crippen LogP contribution in [0.1, 0.15) is 26.5 Å². The van der Waals surface area contributed by atoms with Gasteiger partial charge in [0, 0.05) is 30.6 Å². The predicted octanol–water partition coefficient (Wildman–Crippen LogP) is 2.23. The van der Waals surface area contributed by atoms with E-state index in [1.807, 2.05) is 0 Å². The van der Waals surface area contributed by atoms with E-state index in [2.05, 4.69) is 61.7 Å². The van der Waals surface area contributed by atoms with Crippen LogP contribution in [0, 0.1) is 0 Å². The van der Waals surface area contributed by atoms with Crippen LogP contribution in [0.15, 0.2) is 24.3 Å². The van der Waals surface area contributed by atoms with Gasteiger partial charge in [-0.05, 0) is 33.9 Å². The summed E-state index contributed by atoms with van der Waals surface area (Å²) in [6.45, 7) is 8.78. The van der Waals surface area contributed by atoms with Gasteiger partial charge in [0.25, 0.3) is 0 Å². The second-order valence-corrected chi connectivity index (χ2v) is 5.65. The molecule has 2 aromatic rings. The molecule has 0 aliphatic heterocycles. The van der Waals surface area contributed by atoms with Gasteiger partial charge in [-0.2, -0.15) is 5.10 Å². The molecule has 0 saturated heterocycles. The molecule has 4 nitrogen and oxygen atoms in total. The van der Waals surface area contributed by atoms with Gasteiger partial charge in [0.15, 0.2) is 0 Å². The summed E-state index contributed by atoms with van der Waals surface area (Å²) < 4.78 is 2.06. The molecule has 4 heteroatoms. The zero-order valence-electron chi connectivity index (χ0n) is 12.3. The van der Waals surface area contributed by atoms with Crippen LogP contribution in [-0.2, 0) is 13.1 Å². The fourth-order valence-electron chi connectivity index (χ4n) is 2.15. The molecule has 0 aliphatic rings. The Morgan fingerprint density at radius 3 is 2.63 bits per heavy atom. The largest absolute Gasteiger partial charge is 0.329 e. The Labute approximate surface area is 115 Å². The summed E-state index contributed by atoms with van der Waals surface area (Å²) in [5.74, 6) is 0. The van der Waals surface area contributed by atoms with Crippen molar-refractivity contribution in [3.05, 3.63) is 30.0 Å². The molecular weight excluding hydrogens is 236 g/mol. The van der Waals surface area contributed by atoms with Crippen LogP contribution < -0.4 is 5.73 Å². The van der Waals surface area contributed by atoms with E-state index < -0.39 is 0 Å². The average Bonchev–Trinajstić information content (AvgIpc) is 2.77. The lowest BCUT2D eigenvalue weighted by atomic mass is 10.0. The third kappa shape index (κ3) is 2.65. The van der Waals surface area contributed by atoms with Crippen LogP contribution >= 0.6 is 0 Å². The number of aryl methyl sites for hydroxylation is 1. The van der Waals surface area contributed by atoms with Crippen LogP contribution in [0.5, 0.6) is 0 Å². The van der Waals surface area contributed by atoms with Gasteiger partial charge in [0.1, 0.15) is 0 Å². The smallest absolute Gasteiger partial charge is 0.0843 e. The lowest BCUT2D eigenvalue weighted by Crippen LogP contribution is -2.46. The van der Waals surface area contributed by atoms with Crippen LogP contribution in [0.3, 0.4) is 0 Å². The fraction of sp³-hybridized carbons (Fsp3) is 0.533. The number of fused-ring (bicyclic) bond motifs is 1. The summed E-state index contributed by atoms with van der Waals surface area (Å²) in [5, 5.41) is 5.97. The van der Waals surface area contributed by atoms with Crippen molar-refractivity contribution in [3.8, 4) is 0 Å². The van der Waals surface area contributed by atoms with Gasteiger partial charge in [0.05, 0.1) is 11.2 Å². The summed E-state index contributed by atoms with van der Waals surface area (Å²) in [4.78, 5) is 2.27. The monoisotopic (exact) mass is 260 g/mol. The molecule has 1 heterocycles. The van der Waals surface area contributed by atoms with Gasteiger partial charge >= 0.3 is 0 Å².